The van der Waals surface area contributed by atoms with E-state index in [2.05, 4.69) is 23.1 Å². The van der Waals surface area contributed by atoms with Crippen LogP contribution in [-0.2, 0) is 0 Å². The third kappa shape index (κ3) is 2.33. The van der Waals surface area contributed by atoms with Crippen molar-refractivity contribution in [3.63, 3.8) is 0 Å². The molecule has 2 aromatic carbocycles. The number of allylic oxidation sites excluding steroid dienone is 2. The minimum atomic E-state index is -1.59. The molecular weight excluding hydrogens is 346 g/mol. The first-order valence-corrected chi connectivity index (χ1v) is 9.17. The lowest BCUT2D eigenvalue weighted by Crippen LogP contribution is -2.47. The molecule has 136 valence electrons. The first-order chi connectivity index (χ1) is 13.6. The fourth-order valence-corrected chi connectivity index (χ4v) is 4.69. The zero-order chi connectivity index (χ0) is 19.9. The van der Waals surface area contributed by atoms with Gasteiger partial charge in [-0.05, 0) is 29.0 Å². The minimum Gasteiger partial charge on any atom is -0.399 e. The number of likely N-dealkylation sites (N-methyl/N-ethyl adjacent to an activating group) is 1. The van der Waals surface area contributed by atoms with E-state index in [1.807, 2.05) is 55.6 Å². The van der Waals surface area contributed by atoms with Crippen molar-refractivity contribution in [3.8, 4) is 18.2 Å². The van der Waals surface area contributed by atoms with Crippen LogP contribution in [0.25, 0.3) is 10.8 Å². The van der Waals surface area contributed by atoms with Gasteiger partial charge < -0.3 is 10.6 Å². The van der Waals surface area contributed by atoms with Gasteiger partial charge in [-0.25, -0.2) is 0 Å². The molecule has 28 heavy (non-hydrogen) atoms. The molecule has 1 aliphatic heterocycles. The van der Waals surface area contributed by atoms with Gasteiger partial charge in [0.05, 0.1) is 23.4 Å². The van der Waals surface area contributed by atoms with E-state index in [-0.39, 0.29) is 17.2 Å². The summed E-state index contributed by atoms with van der Waals surface area (Å²) in [5.74, 6) is -0.620. The second kappa shape index (κ2) is 6.54. The molecule has 2 aromatic rings. The molecule has 0 bridgehead atoms. The predicted octanol–water partition coefficient (Wildman–Crippen LogP) is 3.19. The van der Waals surface area contributed by atoms with Gasteiger partial charge in [0.1, 0.15) is 6.07 Å². The molecule has 0 amide bonds. The van der Waals surface area contributed by atoms with Gasteiger partial charge >= 0.3 is 0 Å². The van der Waals surface area contributed by atoms with E-state index in [9.17, 15) is 15.8 Å². The van der Waals surface area contributed by atoms with Gasteiger partial charge in [-0.2, -0.15) is 15.8 Å². The summed E-state index contributed by atoms with van der Waals surface area (Å²) in [5, 5.41) is 32.1. The van der Waals surface area contributed by atoms with Gasteiger partial charge in [-0.15, -0.1) is 0 Å². The standard InChI is InChI=1S/C23H19N5/c1-28-10-9-17-19(11-24)22(27)23(13-25,14-26)21(20(17)12-28)18-8-4-6-15-5-2-3-7-16(15)18/h2-9,20-21H,10,12,27H2,1H3/t20-,21-/m0/s1. The van der Waals surface area contributed by atoms with Crippen molar-refractivity contribution < 1.29 is 0 Å². The molecule has 1 aliphatic carbocycles. The normalized spacial score (nSPS) is 23.9. The maximum absolute atomic E-state index is 10.2. The fraction of sp³-hybridized carbons (Fsp3) is 0.261. The number of benzene rings is 2. The second-order valence-corrected chi connectivity index (χ2v) is 7.47. The summed E-state index contributed by atoms with van der Waals surface area (Å²) < 4.78 is 0. The number of rotatable bonds is 1. The summed E-state index contributed by atoms with van der Waals surface area (Å²) in [5.41, 5.74) is 6.92. The quantitative estimate of drug-likeness (QED) is 0.836. The van der Waals surface area contributed by atoms with Crippen LogP contribution >= 0.6 is 0 Å². The molecule has 0 spiro atoms. The Morgan fingerprint density at radius 2 is 1.79 bits per heavy atom. The Morgan fingerprint density at radius 1 is 1.07 bits per heavy atom. The largest absolute Gasteiger partial charge is 0.399 e. The Morgan fingerprint density at radius 3 is 2.50 bits per heavy atom. The van der Waals surface area contributed by atoms with Gasteiger partial charge in [0.2, 0.25) is 0 Å². The smallest absolute Gasteiger partial charge is 0.191 e. The van der Waals surface area contributed by atoms with Gasteiger partial charge in [0, 0.05) is 24.9 Å². The summed E-state index contributed by atoms with van der Waals surface area (Å²) in [6, 6.07) is 20.5. The van der Waals surface area contributed by atoms with Gasteiger partial charge in [-0.1, -0.05) is 48.5 Å². The van der Waals surface area contributed by atoms with Crippen molar-refractivity contribution >= 4 is 10.8 Å². The molecule has 0 unspecified atom stereocenters. The van der Waals surface area contributed by atoms with Crippen molar-refractivity contribution in [2.75, 3.05) is 20.1 Å². The summed E-state index contributed by atoms with van der Waals surface area (Å²) in [4.78, 5) is 2.14. The zero-order valence-electron chi connectivity index (χ0n) is 15.6. The summed E-state index contributed by atoms with van der Waals surface area (Å²) in [6.45, 7) is 1.36. The van der Waals surface area contributed by atoms with Crippen LogP contribution in [0.3, 0.4) is 0 Å². The maximum atomic E-state index is 10.2. The Labute approximate surface area is 164 Å². The minimum absolute atomic E-state index is 0.0741. The van der Waals surface area contributed by atoms with Gasteiger partial charge in [0.15, 0.2) is 5.41 Å². The van der Waals surface area contributed by atoms with Crippen molar-refractivity contribution in [1.82, 2.24) is 4.90 Å². The van der Waals surface area contributed by atoms with Gasteiger partial charge in [0.25, 0.3) is 0 Å². The highest BCUT2D eigenvalue weighted by Gasteiger charge is 2.54. The Bertz CT molecular complexity index is 1130. The average Bonchev–Trinajstić information content (AvgIpc) is 2.73. The number of nitriles is 3. The Balaban J connectivity index is 2.09. The molecule has 1 heterocycles. The third-order valence-electron chi connectivity index (χ3n) is 6.01. The first kappa shape index (κ1) is 17.8. The molecule has 0 aromatic heterocycles. The predicted molar refractivity (Wildman–Crippen MR) is 106 cm³/mol. The topological polar surface area (TPSA) is 101 Å². The van der Waals surface area contributed by atoms with E-state index in [4.69, 9.17) is 5.73 Å². The van der Waals surface area contributed by atoms with Crippen molar-refractivity contribution in [3.05, 3.63) is 70.9 Å². The molecule has 0 fully saturated rings. The van der Waals surface area contributed by atoms with E-state index >= 15 is 0 Å². The van der Waals surface area contributed by atoms with Crippen LogP contribution in [0, 0.1) is 45.3 Å². The van der Waals surface area contributed by atoms with Crippen LogP contribution < -0.4 is 5.73 Å². The summed E-state index contributed by atoms with van der Waals surface area (Å²) >= 11 is 0. The number of hydrogen-bond acceptors (Lipinski definition) is 5. The van der Waals surface area contributed by atoms with Crippen molar-refractivity contribution in [2.45, 2.75) is 5.92 Å². The summed E-state index contributed by atoms with van der Waals surface area (Å²) in [6.07, 6.45) is 2.01. The van der Waals surface area contributed by atoms with Crippen LogP contribution in [0.1, 0.15) is 11.5 Å². The molecule has 0 radical (unpaired) electrons. The molecule has 2 N–H and O–H groups in total. The Kier molecular flexibility index (Phi) is 4.16. The fourth-order valence-electron chi connectivity index (χ4n) is 4.69. The van der Waals surface area contributed by atoms with Crippen LogP contribution in [0.2, 0.25) is 0 Å². The zero-order valence-corrected chi connectivity index (χ0v) is 15.6. The van der Waals surface area contributed by atoms with E-state index in [0.29, 0.717) is 13.1 Å². The Hall–Kier alpha value is -3.59. The van der Waals surface area contributed by atoms with Crippen LogP contribution in [0.4, 0.5) is 0 Å². The highest BCUT2D eigenvalue weighted by Crippen LogP contribution is 2.55. The number of fused-ring (bicyclic) bond motifs is 2. The molecule has 5 nitrogen and oxygen atoms in total. The van der Waals surface area contributed by atoms with Crippen LogP contribution in [0.15, 0.2) is 65.4 Å². The molecule has 5 heteroatoms. The highest BCUT2D eigenvalue weighted by atomic mass is 15.1. The lowest BCUT2D eigenvalue weighted by molar-refractivity contribution is 0.238. The lowest BCUT2D eigenvalue weighted by atomic mass is 9.57. The highest BCUT2D eigenvalue weighted by molar-refractivity contribution is 5.87. The second-order valence-electron chi connectivity index (χ2n) is 7.47. The summed E-state index contributed by atoms with van der Waals surface area (Å²) in [7, 11) is 2.00. The van der Waals surface area contributed by atoms with Crippen LogP contribution in [0.5, 0.6) is 0 Å². The van der Waals surface area contributed by atoms with E-state index < -0.39 is 11.3 Å². The maximum Gasteiger partial charge on any atom is 0.191 e. The monoisotopic (exact) mass is 365 g/mol. The number of hydrogen-bond donors (Lipinski definition) is 1. The van der Waals surface area contributed by atoms with Gasteiger partial charge in [-0.3, -0.25) is 0 Å². The SMILES string of the molecule is CN1CC=C2C(C#N)=C(N)C(C#N)(C#N)[C@@H](c3cccc4ccccc34)[C@H]2C1. The van der Waals surface area contributed by atoms with E-state index in [1.54, 1.807) is 0 Å². The number of nitrogens with two attached hydrogens (primary N) is 1. The molecule has 4 rings (SSSR count). The molecular formula is C23H19N5. The molecule has 0 saturated carbocycles. The lowest BCUT2D eigenvalue weighted by Gasteiger charge is -2.45. The average molecular weight is 365 g/mol. The van der Waals surface area contributed by atoms with Crippen molar-refractivity contribution in [1.29, 1.82) is 15.8 Å². The van der Waals surface area contributed by atoms with Crippen molar-refractivity contribution in [2.24, 2.45) is 17.1 Å². The molecule has 2 aliphatic rings. The molecule has 2 atom stereocenters. The third-order valence-corrected chi connectivity index (χ3v) is 6.01. The van der Waals surface area contributed by atoms with E-state index in [1.165, 1.54) is 0 Å². The first-order valence-electron chi connectivity index (χ1n) is 9.17. The molecule has 0 saturated heterocycles. The number of nitrogens with zero attached hydrogens (tertiary/aromatic N) is 4. The van der Waals surface area contributed by atoms with E-state index in [0.717, 1.165) is 21.9 Å². The van der Waals surface area contributed by atoms with Crippen LogP contribution in [-0.4, -0.2) is 25.0 Å².